The molecule has 8 nitrogen and oxygen atoms in total. The molecule has 0 aliphatic carbocycles. The quantitative estimate of drug-likeness (QED) is 0.635. The largest absolute Gasteiger partial charge is 0.486 e. The molecule has 1 N–H and O–H groups in total. The number of hydrogen-bond donors (Lipinski definition) is 1. The fourth-order valence-corrected chi connectivity index (χ4v) is 4.12. The van der Waals surface area contributed by atoms with Crippen molar-refractivity contribution < 1.29 is 18.8 Å². The van der Waals surface area contributed by atoms with E-state index in [-0.39, 0.29) is 11.9 Å². The third-order valence-corrected chi connectivity index (χ3v) is 5.74. The summed E-state index contributed by atoms with van der Waals surface area (Å²) < 4.78 is 16.6. The Labute approximate surface area is 186 Å². The number of aromatic nitrogens is 2. The van der Waals surface area contributed by atoms with Crippen LogP contribution in [0.1, 0.15) is 25.2 Å². The maximum Gasteiger partial charge on any atom is 0.227 e. The number of benzene rings is 2. The summed E-state index contributed by atoms with van der Waals surface area (Å²) in [6.07, 6.45) is 2.78. The maximum atomic E-state index is 12.8. The van der Waals surface area contributed by atoms with Gasteiger partial charge in [0.2, 0.25) is 17.6 Å². The number of piperidine rings is 1. The average Bonchev–Trinajstić information content (AvgIpc) is 3.32. The maximum absolute atomic E-state index is 12.8. The summed E-state index contributed by atoms with van der Waals surface area (Å²) in [4.78, 5) is 19.2. The Hall–Kier alpha value is -3.55. The molecule has 3 heterocycles. The van der Waals surface area contributed by atoms with E-state index < -0.39 is 0 Å². The molecule has 0 spiro atoms. The first-order valence-electron chi connectivity index (χ1n) is 11.1. The van der Waals surface area contributed by atoms with Gasteiger partial charge in [0, 0.05) is 49.3 Å². The molecule has 0 saturated carbocycles. The van der Waals surface area contributed by atoms with Gasteiger partial charge in [-0.05, 0) is 25.0 Å². The molecule has 3 aromatic rings. The van der Waals surface area contributed by atoms with Gasteiger partial charge in [0.25, 0.3) is 0 Å². The third kappa shape index (κ3) is 4.69. The first-order valence-corrected chi connectivity index (χ1v) is 11.1. The van der Waals surface area contributed by atoms with E-state index in [4.69, 9.17) is 14.0 Å². The molecule has 1 atom stereocenters. The van der Waals surface area contributed by atoms with Crippen molar-refractivity contribution >= 4 is 11.6 Å². The first-order chi connectivity index (χ1) is 15.7. The standard InChI is InChI=1S/C24H26N4O4/c29-23(11-10-22-26-24(27-32-22)17-5-2-1-3-6-17)28-12-4-7-19(16-28)25-18-8-9-20-21(15-18)31-14-13-30-20/h1-3,5-6,8-9,15,19,25H,4,7,10-14,16H2/t19-/m1/s1. The van der Waals surface area contributed by atoms with Crippen LogP contribution in [-0.2, 0) is 11.2 Å². The lowest BCUT2D eigenvalue weighted by Gasteiger charge is -2.34. The van der Waals surface area contributed by atoms with Gasteiger partial charge in [-0.3, -0.25) is 4.79 Å². The van der Waals surface area contributed by atoms with Crippen LogP contribution in [0.5, 0.6) is 11.5 Å². The fraction of sp³-hybridized carbons (Fsp3) is 0.375. The van der Waals surface area contributed by atoms with Crippen LogP contribution in [0.3, 0.4) is 0 Å². The van der Waals surface area contributed by atoms with E-state index in [9.17, 15) is 4.79 Å². The van der Waals surface area contributed by atoms with Crippen molar-refractivity contribution in [3.05, 3.63) is 54.4 Å². The van der Waals surface area contributed by atoms with E-state index in [0.717, 1.165) is 42.1 Å². The second-order valence-corrected chi connectivity index (χ2v) is 8.06. The van der Waals surface area contributed by atoms with E-state index in [1.807, 2.05) is 53.4 Å². The monoisotopic (exact) mass is 434 g/mol. The Balaban J connectivity index is 1.14. The van der Waals surface area contributed by atoms with Gasteiger partial charge in [0.1, 0.15) is 13.2 Å². The molecule has 0 bridgehead atoms. The van der Waals surface area contributed by atoms with Crippen LogP contribution in [0.4, 0.5) is 5.69 Å². The number of carbonyl (C=O) groups is 1. The average molecular weight is 434 g/mol. The van der Waals surface area contributed by atoms with Gasteiger partial charge in [-0.25, -0.2) is 0 Å². The van der Waals surface area contributed by atoms with Crippen molar-refractivity contribution in [3.63, 3.8) is 0 Å². The highest BCUT2D eigenvalue weighted by atomic mass is 16.6. The number of anilines is 1. The van der Waals surface area contributed by atoms with E-state index in [2.05, 4.69) is 15.5 Å². The van der Waals surface area contributed by atoms with Gasteiger partial charge in [-0.2, -0.15) is 4.98 Å². The molecule has 8 heteroatoms. The Morgan fingerprint density at radius 3 is 2.81 bits per heavy atom. The predicted octanol–water partition coefficient (Wildman–Crippen LogP) is 3.54. The molecular weight excluding hydrogens is 408 g/mol. The lowest BCUT2D eigenvalue weighted by Crippen LogP contribution is -2.45. The molecule has 32 heavy (non-hydrogen) atoms. The van der Waals surface area contributed by atoms with E-state index >= 15 is 0 Å². The summed E-state index contributed by atoms with van der Waals surface area (Å²) >= 11 is 0. The number of ether oxygens (including phenoxy) is 2. The summed E-state index contributed by atoms with van der Waals surface area (Å²) in [5, 5.41) is 7.57. The lowest BCUT2D eigenvalue weighted by atomic mass is 10.0. The Bertz CT molecular complexity index is 1070. The van der Waals surface area contributed by atoms with Crippen LogP contribution in [0.15, 0.2) is 53.1 Å². The van der Waals surface area contributed by atoms with Crippen molar-refractivity contribution in [1.29, 1.82) is 0 Å². The summed E-state index contributed by atoms with van der Waals surface area (Å²) in [7, 11) is 0. The van der Waals surface area contributed by atoms with Crippen LogP contribution < -0.4 is 14.8 Å². The highest BCUT2D eigenvalue weighted by Crippen LogP contribution is 2.33. The number of likely N-dealkylation sites (tertiary alicyclic amines) is 1. The van der Waals surface area contributed by atoms with Crippen LogP contribution >= 0.6 is 0 Å². The molecule has 0 unspecified atom stereocenters. The molecule has 2 aliphatic rings. The number of fused-ring (bicyclic) bond motifs is 1. The Morgan fingerprint density at radius 2 is 1.94 bits per heavy atom. The van der Waals surface area contributed by atoms with Crippen molar-refractivity contribution in [1.82, 2.24) is 15.0 Å². The molecular formula is C24H26N4O4. The molecule has 0 radical (unpaired) electrons. The molecule has 5 rings (SSSR count). The normalized spacial score (nSPS) is 17.8. The number of carbonyl (C=O) groups excluding carboxylic acids is 1. The number of rotatable bonds is 6. The minimum absolute atomic E-state index is 0.109. The molecule has 1 aromatic heterocycles. The second-order valence-electron chi connectivity index (χ2n) is 8.06. The van der Waals surface area contributed by atoms with Gasteiger partial charge < -0.3 is 24.2 Å². The molecule has 1 amide bonds. The summed E-state index contributed by atoms with van der Waals surface area (Å²) in [6, 6.07) is 15.8. The van der Waals surface area contributed by atoms with Crippen molar-refractivity contribution in [2.75, 3.05) is 31.6 Å². The van der Waals surface area contributed by atoms with Crippen molar-refractivity contribution in [3.8, 4) is 22.9 Å². The van der Waals surface area contributed by atoms with Crippen molar-refractivity contribution in [2.45, 2.75) is 31.7 Å². The summed E-state index contributed by atoms with van der Waals surface area (Å²) in [5.41, 5.74) is 1.88. The number of nitrogens with one attached hydrogen (secondary N) is 1. The van der Waals surface area contributed by atoms with Gasteiger partial charge in [0.15, 0.2) is 11.5 Å². The van der Waals surface area contributed by atoms with Crippen LogP contribution in [-0.4, -0.2) is 53.3 Å². The Morgan fingerprint density at radius 1 is 1.09 bits per heavy atom. The van der Waals surface area contributed by atoms with Gasteiger partial charge >= 0.3 is 0 Å². The zero-order chi connectivity index (χ0) is 21.8. The van der Waals surface area contributed by atoms with Crippen LogP contribution in [0.2, 0.25) is 0 Å². The molecule has 166 valence electrons. The third-order valence-electron chi connectivity index (χ3n) is 5.74. The van der Waals surface area contributed by atoms with Crippen molar-refractivity contribution in [2.24, 2.45) is 0 Å². The molecule has 1 saturated heterocycles. The SMILES string of the molecule is O=C(CCc1nc(-c2ccccc2)no1)N1CCC[C@@H](Nc2ccc3c(c2)OCCO3)C1. The minimum Gasteiger partial charge on any atom is -0.486 e. The highest BCUT2D eigenvalue weighted by molar-refractivity contribution is 5.76. The molecule has 1 fully saturated rings. The lowest BCUT2D eigenvalue weighted by molar-refractivity contribution is -0.132. The van der Waals surface area contributed by atoms with Gasteiger partial charge in [0.05, 0.1) is 0 Å². The topological polar surface area (TPSA) is 89.7 Å². The smallest absolute Gasteiger partial charge is 0.227 e. The highest BCUT2D eigenvalue weighted by Gasteiger charge is 2.24. The molecule has 2 aliphatic heterocycles. The van der Waals surface area contributed by atoms with E-state index in [1.165, 1.54) is 0 Å². The number of hydrogen-bond acceptors (Lipinski definition) is 7. The van der Waals surface area contributed by atoms with Crippen LogP contribution in [0, 0.1) is 0 Å². The predicted molar refractivity (Wildman–Crippen MR) is 119 cm³/mol. The second kappa shape index (κ2) is 9.30. The Kier molecular flexibility index (Phi) is 5.91. The number of amides is 1. The van der Waals surface area contributed by atoms with E-state index in [1.54, 1.807) is 0 Å². The molecule has 2 aromatic carbocycles. The van der Waals surface area contributed by atoms with E-state index in [0.29, 0.717) is 44.3 Å². The summed E-state index contributed by atoms with van der Waals surface area (Å²) in [5.74, 6) is 2.69. The number of aryl methyl sites for hydroxylation is 1. The summed E-state index contributed by atoms with van der Waals surface area (Å²) in [6.45, 7) is 2.59. The number of nitrogens with zero attached hydrogens (tertiary/aromatic N) is 3. The fourth-order valence-electron chi connectivity index (χ4n) is 4.12. The van der Waals surface area contributed by atoms with Crippen LogP contribution in [0.25, 0.3) is 11.4 Å². The van der Waals surface area contributed by atoms with Gasteiger partial charge in [-0.1, -0.05) is 35.5 Å². The zero-order valence-electron chi connectivity index (χ0n) is 17.8. The minimum atomic E-state index is 0.109. The zero-order valence-corrected chi connectivity index (χ0v) is 17.8. The van der Waals surface area contributed by atoms with Gasteiger partial charge in [-0.15, -0.1) is 0 Å². The first kappa shape index (κ1) is 20.4.